The maximum Gasteiger partial charge on any atom is 0.244 e. The highest BCUT2D eigenvalue weighted by Crippen LogP contribution is 2.27. The number of nitrogens with two attached hydrogens (primary N) is 1. The number of thiophene rings is 1. The van der Waals surface area contributed by atoms with Gasteiger partial charge in [0.25, 0.3) is 0 Å². The predicted molar refractivity (Wildman–Crippen MR) is 81.2 cm³/mol. The lowest BCUT2D eigenvalue weighted by Crippen LogP contribution is -2.36. The molecular weight excluding hydrogens is 294 g/mol. The first-order valence-electron chi connectivity index (χ1n) is 6.07. The van der Waals surface area contributed by atoms with Gasteiger partial charge in [-0.15, -0.1) is 11.3 Å². The lowest BCUT2D eigenvalue weighted by atomic mass is 9.92. The Morgan fingerprint density at radius 3 is 2.70 bits per heavy atom. The van der Waals surface area contributed by atoms with Gasteiger partial charge in [0.05, 0.1) is 0 Å². The Bertz CT molecular complexity index is 679. The zero-order chi connectivity index (χ0) is 14.8. The van der Waals surface area contributed by atoms with Gasteiger partial charge in [0, 0.05) is 23.0 Å². The fraction of sp³-hybridized carbons (Fsp3) is 0.308. The normalized spacial score (nSPS) is 12.5. The number of aromatic nitrogens is 1. The Balaban J connectivity index is 2.17. The molecule has 2 aromatic rings. The van der Waals surface area contributed by atoms with Gasteiger partial charge in [-0.2, -0.15) is 0 Å². The molecule has 2 heterocycles. The third kappa shape index (κ3) is 3.17. The van der Waals surface area contributed by atoms with E-state index in [9.17, 15) is 8.42 Å². The van der Waals surface area contributed by atoms with E-state index in [0.717, 1.165) is 4.88 Å². The zero-order valence-electron chi connectivity index (χ0n) is 11.3. The van der Waals surface area contributed by atoms with Crippen molar-refractivity contribution in [1.82, 2.24) is 9.71 Å². The van der Waals surface area contributed by atoms with Crippen LogP contribution >= 0.6 is 11.3 Å². The molecule has 5 nitrogen and oxygen atoms in total. The number of hydrogen-bond acceptors (Lipinski definition) is 5. The Morgan fingerprint density at radius 1 is 1.35 bits per heavy atom. The van der Waals surface area contributed by atoms with Crippen molar-refractivity contribution >= 4 is 27.2 Å². The van der Waals surface area contributed by atoms with E-state index in [2.05, 4.69) is 9.71 Å². The summed E-state index contributed by atoms with van der Waals surface area (Å²) in [4.78, 5) is 4.94. The van der Waals surface area contributed by atoms with E-state index >= 15 is 0 Å². The number of anilines is 1. The van der Waals surface area contributed by atoms with Gasteiger partial charge in [-0.1, -0.05) is 19.9 Å². The molecule has 0 aliphatic heterocycles. The molecule has 0 bridgehead atoms. The maximum absolute atomic E-state index is 12.2. The van der Waals surface area contributed by atoms with Crippen molar-refractivity contribution in [3.8, 4) is 0 Å². The van der Waals surface area contributed by atoms with Crippen LogP contribution < -0.4 is 10.5 Å². The fourth-order valence-electron chi connectivity index (χ4n) is 1.73. The zero-order valence-corrected chi connectivity index (χ0v) is 13.0. The summed E-state index contributed by atoms with van der Waals surface area (Å²) < 4.78 is 27.1. The van der Waals surface area contributed by atoms with Gasteiger partial charge in [-0.3, -0.25) is 0 Å². The summed E-state index contributed by atoms with van der Waals surface area (Å²) in [5.41, 5.74) is 5.33. The van der Waals surface area contributed by atoms with Crippen molar-refractivity contribution in [3.63, 3.8) is 0 Å². The average Bonchev–Trinajstić information content (AvgIpc) is 2.92. The molecule has 0 aliphatic carbocycles. The molecule has 20 heavy (non-hydrogen) atoms. The summed E-state index contributed by atoms with van der Waals surface area (Å²) in [5.74, 6) is 0.00827. The molecule has 0 amide bonds. The first-order chi connectivity index (χ1) is 9.33. The molecule has 108 valence electrons. The summed E-state index contributed by atoms with van der Waals surface area (Å²) in [6.45, 7) is 4.28. The van der Waals surface area contributed by atoms with Crippen molar-refractivity contribution in [2.24, 2.45) is 0 Å². The van der Waals surface area contributed by atoms with E-state index in [1.165, 1.54) is 12.3 Å². The SMILES string of the molecule is CC(C)(CNS(=O)(=O)c1cccnc1N)c1cccs1. The van der Waals surface area contributed by atoms with Gasteiger partial charge in [-0.25, -0.2) is 18.1 Å². The molecule has 0 radical (unpaired) electrons. The van der Waals surface area contributed by atoms with E-state index in [-0.39, 0.29) is 16.1 Å². The molecule has 0 spiro atoms. The van der Waals surface area contributed by atoms with Crippen LogP contribution in [0.25, 0.3) is 0 Å². The molecule has 0 saturated carbocycles. The second-order valence-electron chi connectivity index (χ2n) is 5.07. The van der Waals surface area contributed by atoms with Crippen LogP contribution in [-0.4, -0.2) is 19.9 Å². The second kappa shape index (κ2) is 5.51. The van der Waals surface area contributed by atoms with Crippen LogP contribution in [0.3, 0.4) is 0 Å². The number of pyridine rings is 1. The fourth-order valence-corrected chi connectivity index (χ4v) is 3.88. The average molecular weight is 311 g/mol. The monoisotopic (exact) mass is 311 g/mol. The third-order valence-corrected chi connectivity index (χ3v) is 5.67. The topological polar surface area (TPSA) is 85.1 Å². The Morgan fingerprint density at radius 2 is 2.10 bits per heavy atom. The van der Waals surface area contributed by atoms with Gasteiger partial charge < -0.3 is 5.73 Å². The minimum Gasteiger partial charge on any atom is -0.383 e. The highest BCUT2D eigenvalue weighted by atomic mass is 32.2. The highest BCUT2D eigenvalue weighted by Gasteiger charge is 2.26. The number of nitrogen functional groups attached to an aromatic ring is 1. The first-order valence-corrected chi connectivity index (χ1v) is 8.43. The summed E-state index contributed by atoms with van der Waals surface area (Å²) in [6, 6.07) is 6.95. The van der Waals surface area contributed by atoms with Crippen LogP contribution in [-0.2, 0) is 15.4 Å². The lowest BCUT2D eigenvalue weighted by molar-refractivity contribution is 0.509. The number of nitrogens with one attached hydrogen (secondary N) is 1. The van der Waals surface area contributed by atoms with E-state index in [4.69, 9.17) is 5.73 Å². The van der Waals surface area contributed by atoms with Crippen molar-refractivity contribution in [2.45, 2.75) is 24.2 Å². The van der Waals surface area contributed by atoms with Crippen molar-refractivity contribution in [3.05, 3.63) is 40.7 Å². The van der Waals surface area contributed by atoms with Crippen LogP contribution in [0.4, 0.5) is 5.82 Å². The number of rotatable bonds is 5. The molecule has 0 unspecified atom stereocenters. The minimum absolute atomic E-state index is 0.00827. The molecule has 0 saturated heterocycles. The van der Waals surface area contributed by atoms with Crippen LogP contribution in [0, 0.1) is 0 Å². The largest absolute Gasteiger partial charge is 0.383 e. The van der Waals surface area contributed by atoms with Crippen molar-refractivity contribution in [1.29, 1.82) is 0 Å². The van der Waals surface area contributed by atoms with Crippen LogP contribution in [0.2, 0.25) is 0 Å². The van der Waals surface area contributed by atoms with Crippen LogP contribution in [0.15, 0.2) is 40.7 Å². The summed E-state index contributed by atoms with van der Waals surface area (Å²) in [7, 11) is -3.65. The van der Waals surface area contributed by atoms with Gasteiger partial charge >= 0.3 is 0 Å². The molecular formula is C13H17N3O2S2. The smallest absolute Gasteiger partial charge is 0.244 e. The molecule has 2 rings (SSSR count). The first kappa shape index (κ1) is 15.0. The van der Waals surface area contributed by atoms with Gasteiger partial charge in [0.1, 0.15) is 10.7 Å². The highest BCUT2D eigenvalue weighted by molar-refractivity contribution is 7.89. The van der Waals surface area contributed by atoms with Crippen molar-refractivity contribution in [2.75, 3.05) is 12.3 Å². The minimum atomic E-state index is -3.65. The molecule has 0 fully saturated rings. The third-order valence-electron chi connectivity index (χ3n) is 2.98. The van der Waals surface area contributed by atoms with Gasteiger partial charge in [-0.05, 0) is 23.6 Å². The van der Waals surface area contributed by atoms with Crippen LogP contribution in [0.1, 0.15) is 18.7 Å². The lowest BCUT2D eigenvalue weighted by Gasteiger charge is -2.23. The van der Waals surface area contributed by atoms with E-state index in [1.807, 2.05) is 31.4 Å². The number of nitrogens with zero attached hydrogens (tertiary/aromatic N) is 1. The molecule has 3 N–H and O–H groups in total. The molecule has 2 aromatic heterocycles. The summed E-state index contributed by atoms with van der Waals surface area (Å²) >= 11 is 1.61. The maximum atomic E-state index is 12.2. The van der Waals surface area contributed by atoms with E-state index < -0.39 is 10.0 Å². The Hall–Kier alpha value is -1.44. The molecule has 0 atom stereocenters. The van der Waals surface area contributed by atoms with E-state index in [1.54, 1.807) is 17.4 Å². The number of sulfonamides is 1. The second-order valence-corrected chi connectivity index (χ2v) is 7.76. The Kier molecular flexibility index (Phi) is 4.12. The number of hydrogen-bond donors (Lipinski definition) is 2. The summed E-state index contributed by atoms with van der Waals surface area (Å²) in [5, 5.41) is 1.98. The van der Waals surface area contributed by atoms with E-state index in [0.29, 0.717) is 6.54 Å². The molecule has 7 heteroatoms. The Labute approximate surface area is 122 Å². The molecule has 0 aliphatic rings. The van der Waals surface area contributed by atoms with Crippen molar-refractivity contribution < 1.29 is 8.42 Å². The van der Waals surface area contributed by atoms with Gasteiger partial charge in [0.2, 0.25) is 10.0 Å². The standard InChI is InChI=1S/C13H17N3O2S2/c1-13(2,11-6-4-8-19-11)9-16-20(17,18)10-5-3-7-15-12(10)14/h3-8,16H,9H2,1-2H3,(H2,14,15). The van der Waals surface area contributed by atoms with Crippen LogP contribution in [0.5, 0.6) is 0 Å². The quantitative estimate of drug-likeness (QED) is 0.884. The molecule has 0 aromatic carbocycles. The predicted octanol–water partition coefficient (Wildman–Crippen LogP) is 1.98. The summed E-state index contributed by atoms with van der Waals surface area (Å²) in [6.07, 6.45) is 1.46. The van der Waals surface area contributed by atoms with Gasteiger partial charge in [0.15, 0.2) is 0 Å².